The second-order valence-electron chi connectivity index (χ2n) is 6.74. The number of ether oxygens (including phenoxy) is 2. The number of hydrogen-bond acceptors (Lipinski definition) is 7. The molecule has 10 heteroatoms. The number of nitrogens with zero attached hydrogens (tertiary/aromatic N) is 3. The van der Waals surface area contributed by atoms with Crippen LogP contribution in [0.4, 0.5) is 11.5 Å². The summed E-state index contributed by atoms with van der Waals surface area (Å²) < 4.78 is 12.0. The zero-order valence-corrected chi connectivity index (χ0v) is 17.2. The van der Waals surface area contributed by atoms with Crippen LogP contribution in [0.2, 0.25) is 0 Å². The van der Waals surface area contributed by atoms with Crippen molar-refractivity contribution in [3.63, 3.8) is 0 Å². The number of benzene rings is 2. The maximum absolute atomic E-state index is 12.4. The third-order valence-electron chi connectivity index (χ3n) is 4.67. The van der Waals surface area contributed by atoms with E-state index in [-0.39, 0.29) is 24.0 Å². The summed E-state index contributed by atoms with van der Waals surface area (Å²) in [5.41, 5.74) is 8.42. The quantitative estimate of drug-likeness (QED) is 0.301. The Morgan fingerprint density at radius 3 is 2.59 bits per heavy atom. The SMILES string of the molecule is C=CC(=O)Nc1ccc(-n2nc3c(=O)[nH]nc(N)c3c2-c2ccc(OCOC)cc2)cc1. The van der Waals surface area contributed by atoms with E-state index in [0.717, 1.165) is 5.56 Å². The third kappa shape index (κ3) is 3.94. The van der Waals surface area contributed by atoms with Crippen LogP contribution in [0.5, 0.6) is 5.75 Å². The summed E-state index contributed by atoms with van der Waals surface area (Å²) >= 11 is 0. The zero-order chi connectivity index (χ0) is 22.7. The van der Waals surface area contributed by atoms with Gasteiger partial charge in [-0.1, -0.05) is 6.58 Å². The lowest BCUT2D eigenvalue weighted by atomic mass is 10.1. The molecule has 0 atom stereocenters. The number of carbonyl (C=O) groups is 1. The minimum absolute atomic E-state index is 0.126. The van der Waals surface area contributed by atoms with Crippen LogP contribution in [0.1, 0.15) is 0 Å². The number of fused-ring (bicyclic) bond motifs is 1. The lowest BCUT2D eigenvalue weighted by Crippen LogP contribution is -2.10. The largest absolute Gasteiger partial charge is 0.468 e. The van der Waals surface area contributed by atoms with Crippen molar-refractivity contribution >= 4 is 28.3 Å². The molecule has 0 unspecified atom stereocenters. The van der Waals surface area contributed by atoms with Crippen LogP contribution >= 0.6 is 0 Å². The van der Waals surface area contributed by atoms with Crippen molar-refractivity contribution in [3.05, 3.63) is 71.5 Å². The summed E-state index contributed by atoms with van der Waals surface area (Å²) in [6, 6.07) is 14.2. The molecule has 4 rings (SSSR count). The van der Waals surface area contributed by atoms with Crippen LogP contribution in [-0.2, 0) is 9.53 Å². The average Bonchev–Trinajstić information content (AvgIpc) is 3.23. The molecule has 0 aliphatic rings. The number of nitrogens with one attached hydrogen (secondary N) is 2. The topological polar surface area (TPSA) is 137 Å². The maximum Gasteiger partial charge on any atom is 0.292 e. The molecule has 32 heavy (non-hydrogen) atoms. The molecule has 10 nitrogen and oxygen atoms in total. The molecule has 162 valence electrons. The van der Waals surface area contributed by atoms with Crippen molar-refractivity contribution < 1.29 is 14.3 Å². The van der Waals surface area contributed by atoms with E-state index in [4.69, 9.17) is 15.2 Å². The monoisotopic (exact) mass is 432 g/mol. The van der Waals surface area contributed by atoms with Gasteiger partial charge in [0.1, 0.15) is 5.75 Å². The minimum atomic E-state index is -0.455. The molecular formula is C22H20N6O4. The van der Waals surface area contributed by atoms with E-state index >= 15 is 0 Å². The zero-order valence-electron chi connectivity index (χ0n) is 17.2. The number of carbonyl (C=O) groups excluding carboxylic acids is 1. The molecule has 2 aromatic carbocycles. The van der Waals surface area contributed by atoms with E-state index in [0.29, 0.717) is 28.2 Å². The Hall–Kier alpha value is -4.44. The van der Waals surface area contributed by atoms with Gasteiger partial charge < -0.3 is 20.5 Å². The van der Waals surface area contributed by atoms with E-state index in [9.17, 15) is 9.59 Å². The number of hydrogen-bond donors (Lipinski definition) is 3. The van der Waals surface area contributed by atoms with Gasteiger partial charge in [0.2, 0.25) is 5.91 Å². The predicted molar refractivity (Wildman–Crippen MR) is 121 cm³/mol. The molecule has 4 aromatic rings. The molecular weight excluding hydrogens is 412 g/mol. The maximum atomic E-state index is 12.4. The van der Waals surface area contributed by atoms with Crippen molar-refractivity contribution in [2.75, 3.05) is 25.0 Å². The van der Waals surface area contributed by atoms with Crippen molar-refractivity contribution in [1.29, 1.82) is 0 Å². The van der Waals surface area contributed by atoms with Crippen LogP contribution in [-0.4, -0.2) is 39.8 Å². The van der Waals surface area contributed by atoms with Gasteiger partial charge in [-0.15, -0.1) is 0 Å². The number of aromatic nitrogens is 4. The standard InChI is InChI=1S/C22H20N6O4/c1-3-17(29)24-14-6-8-15(9-7-14)28-20(13-4-10-16(11-5-13)32-12-31-2)18-19(27-28)22(30)26-25-21(18)23/h3-11H,1,12H2,2H3,(H2,23,25)(H,24,29)(H,26,30). The fourth-order valence-corrected chi connectivity index (χ4v) is 3.21. The first-order valence-corrected chi connectivity index (χ1v) is 9.54. The van der Waals surface area contributed by atoms with Crippen LogP contribution in [0.15, 0.2) is 66.0 Å². The van der Waals surface area contributed by atoms with Gasteiger partial charge in [0, 0.05) is 18.4 Å². The summed E-state index contributed by atoms with van der Waals surface area (Å²) in [6.45, 7) is 3.56. The predicted octanol–water partition coefficient (Wildman–Crippen LogP) is 2.47. The summed E-state index contributed by atoms with van der Waals surface area (Å²) in [7, 11) is 1.54. The lowest BCUT2D eigenvalue weighted by molar-refractivity contribution is -0.111. The van der Waals surface area contributed by atoms with Crippen molar-refractivity contribution in [3.8, 4) is 22.7 Å². The summed E-state index contributed by atoms with van der Waals surface area (Å²) in [5.74, 6) is 0.456. The van der Waals surface area contributed by atoms with Gasteiger partial charge in [-0.2, -0.15) is 10.2 Å². The average molecular weight is 432 g/mol. The molecule has 0 saturated heterocycles. The molecule has 2 aromatic heterocycles. The van der Waals surface area contributed by atoms with Gasteiger partial charge in [-0.05, 0) is 54.6 Å². The fraction of sp³-hybridized carbons (Fsp3) is 0.0909. The summed E-state index contributed by atoms with van der Waals surface area (Å²) in [5, 5.41) is 13.9. The number of methoxy groups -OCH3 is 1. The second-order valence-corrected chi connectivity index (χ2v) is 6.74. The van der Waals surface area contributed by atoms with E-state index in [2.05, 4.69) is 27.2 Å². The van der Waals surface area contributed by atoms with E-state index in [1.54, 1.807) is 48.2 Å². The number of nitrogen functional groups attached to an aromatic ring is 1. The minimum Gasteiger partial charge on any atom is -0.468 e. The number of rotatable bonds is 7. The summed E-state index contributed by atoms with van der Waals surface area (Å²) in [4.78, 5) is 23.9. The first-order chi connectivity index (χ1) is 15.5. The normalized spacial score (nSPS) is 10.8. The first kappa shape index (κ1) is 20.8. The molecule has 0 saturated carbocycles. The Balaban J connectivity index is 1.85. The van der Waals surface area contributed by atoms with Gasteiger partial charge in [-0.3, -0.25) is 9.59 Å². The Morgan fingerprint density at radius 2 is 1.94 bits per heavy atom. The van der Waals surface area contributed by atoms with Crippen molar-refractivity contribution in [2.45, 2.75) is 0 Å². The molecule has 0 fully saturated rings. The van der Waals surface area contributed by atoms with Gasteiger partial charge in [0.15, 0.2) is 18.1 Å². The Bertz CT molecular complexity index is 1340. The molecule has 0 spiro atoms. The van der Waals surface area contributed by atoms with Gasteiger partial charge >= 0.3 is 0 Å². The molecule has 0 aliphatic carbocycles. The van der Waals surface area contributed by atoms with Gasteiger partial charge in [-0.25, -0.2) is 9.78 Å². The molecule has 2 heterocycles. The van der Waals surface area contributed by atoms with E-state index < -0.39 is 5.56 Å². The Labute approximate surface area is 182 Å². The lowest BCUT2D eigenvalue weighted by Gasteiger charge is -2.11. The second kappa shape index (κ2) is 8.74. The highest BCUT2D eigenvalue weighted by Gasteiger charge is 2.20. The Morgan fingerprint density at radius 1 is 1.22 bits per heavy atom. The molecule has 0 aliphatic heterocycles. The Kier molecular flexibility index (Phi) is 5.69. The highest BCUT2D eigenvalue weighted by molar-refractivity contribution is 6.00. The first-order valence-electron chi connectivity index (χ1n) is 9.54. The van der Waals surface area contributed by atoms with Crippen LogP contribution in [0.3, 0.4) is 0 Å². The van der Waals surface area contributed by atoms with Gasteiger partial charge in [0.05, 0.1) is 16.8 Å². The number of aromatic amines is 1. The van der Waals surface area contributed by atoms with Crippen LogP contribution in [0, 0.1) is 0 Å². The third-order valence-corrected chi connectivity index (χ3v) is 4.67. The van der Waals surface area contributed by atoms with E-state index in [1.807, 2.05) is 12.1 Å². The highest BCUT2D eigenvalue weighted by atomic mass is 16.7. The fourth-order valence-electron chi connectivity index (χ4n) is 3.21. The smallest absolute Gasteiger partial charge is 0.292 e. The van der Waals surface area contributed by atoms with Crippen molar-refractivity contribution in [2.24, 2.45) is 0 Å². The number of H-pyrrole nitrogens is 1. The molecule has 1 amide bonds. The van der Waals surface area contributed by atoms with Crippen LogP contribution < -0.4 is 21.3 Å². The number of nitrogens with two attached hydrogens (primary N) is 1. The van der Waals surface area contributed by atoms with E-state index in [1.165, 1.54) is 6.08 Å². The molecule has 4 N–H and O–H groups in total. The van der Waals surface area contributed by atoms with Crippen molar-refractivity contribution in [1.82, 2.24) is 20.0 Å². The number of anilines is 2. The van der Waals surface area contributed by atoms with Crippen LogP contribution in [0.25, 0.3) is 27.8 Å². The molecule has 0 radical (unpaired) electrons. The number of amides is 1. The highest BCUT2D eigenvalue weighted by Crippen LogP contribution is 2.33. The summed E-state index contributed by atoms with van der Waals surface area (Å²) in [6.07, 6.45) is 1.19. The van der Waals surface area contributed by atoms with Gasteiger partial charge in [0.25, 0.3) is 5.56 Å². The molecule has 0 bridgehead atoms.